The predicted octanol–water partition coefficient (Wildman–Crippen LogP) is 4.99. The SMILES string of the molecule is CCS(=O)(=O)c1cc2sc(C(F)(F)F)nc2cc1-c1nnc(-c2cc(C(F)(F)F)ccn2)n1C. The van der Waals surface area contributed by atoms with Crippen molar-refractivity contribution in [2.75, 3.05) is 5.75 Å². The molecule has 0 spiro atoms. The summed E-state index contributed by atoms with van der Waals surface area (Å²) in [7, 11) is -2.56. The molecule has 3 heterocycles. The second kappa shape index (κ2) is 8.01. The number of sulfone groups is 1. The smallest absolute Gasteiger partial charge is 0.309 e. The Labute approximate surface area is 192 Å². The molecule has 0 fully saturated rings. The monoisotopic (exact) mass is 521 g/mol. The molecule has 0 bridgehead atoms. The molecule has 1 aromatic carbocycles. The number of aromatic nitrogens is 5. The minimum atomic E-state index is -4.72. The number of benzene rings is 1. The lowest BCUT2D eigenvalue weighted by Crippen LogP contribution is -2.08. The minimum absolute atomic E-state index is 0.00466. The van der Waals surface area contributed by atoms with Crippen molar-refractivity contribution in [3.63, 3.8) is 0 Å². The standard InChI is InChI=1S/C19H13F6N5O2S2/c1-3-34(31,32)14-8-13-11(27-17(33-13)19(23,24)25)7-10(14)15-28-29-16(30(15)2)12-6-9(4-5-26-12)18(20,21)22/h4-8H,3H2,1-2H3. The highest BCUT2D eigenvalue weighted by atomic mass is 32.2. The van der Waals surface area contributed by atoms with E-state index in [-0.39, 0.29) is 43.8 Å². The van der Waals surface area contributed by atoms with Crippen molar-refractivity contribution in [1.82, 2.24) is 24.7 Å². The average Bonchev–Trinajstić information content (AvgIpc) is 3.35. The second-order valence-electron chi connectivity index (χ2n) is 7.07. The van der Waals surface area contributed by atoms with Gasteiger partial charge in [0, 0.05) is 18.8 Å². The Balaban J connectivity index is 1.94. The first-order chi connectivity index (χ1) is 15.7. The summed E-state index contributed by atoms with van der Waals surface area (Å²) >= 11 is 0.299. The molecule has 0 saturated heterocycles. The number of hydrogen-bond acceptors (Lipinski definition) is 7. The number of pyridine rings is 1. The number of fused-ring (bicyclic) bond motifs is 1. The molecular formula is C19H13F6N5O2S2. The van der Waals surface area contributed by atoms with Crippen molar-refractivity contribution in [3.8, 4) is 22.9 Å². The first-order valence-electron chi connectivity index (χ1n) is 9.40. The van der Waals surface area contributed by atoms with Gasteiger partial charge in [-0.25, -0.2) is 13.4 Å². The third kappa shape index (κ3) is 4.24. The summed E-state index contributed by atoms with van der Waals surface area (Å²) in [6.07, 6.45) is -8.41. The third-order valence-corrected chi connectivity index (χ3v) is 7.71. The van der Waals surface area contributed by atoms with Gasteiger partial charge in [-0.05, 0) is 24.3 Å². The van der Waals surface area contributed by atoms with Crippen LogP contribution < -0.4 is 0 Å². The highest BCUT2D eigenvalue weighted by Gasteiger charge is 2.36. The van der Waals surface area contributed by atoms with Crippen LogP contribution in [0.5, 0.6) is 0 Å². The molecule has 4 rings (SSSR count). The van der Waals surface area contributed by atoms with E-state index in [1.54, 1.807) is 0 Å². The summed E-state index contributed by atoms with van der Waals surface area (Å²) in [6, 6.07) is 3.78. The molecule has 7 nitrogen and oxygen atoms in total. The van der Waals surface area contributed by atoms with E-state index in [2.05, 4.69) is 20.2 Å². The zero-order chi connectivity index (χ0) is 25.1. The van der Waals surface area contributed by atoms with Crippen molar-refractivity contribution < 1.29 is 34.8 Å². The molecule has 0 aliphatic carbocycles. The molecule has 34 heavy (non-hydrogen) atoms. The van der Waals surface area contributed by atoms with Crippen LogP contribution in [-0.4, -0.2) is 38.9 Å². The Morgan fingerprint density at radius 3 is 2.29 bits per heavy atom. The highest BCUT2D eigenvalue weighted by Crippen LogP contribution is 2.39. The van der Waals surface area contributed by atoms with Gasteiger partial charge in [0.15, 0.2) is 26.5 Å². The molecule has 3 aromatic heterocycles. The van der Waals surface area contributed by atoms with Gasteiger partial charge in [-0.3, -0.25) is 4.98 Å². The molecule has 0 amide bonds. The topological polar surface area (TPSA) is 90.6 Å². The van der Waals surface area contributed by atoms with Crippen LogP contribution >= 0.6 is 11.3 Å². The van der Waals surface area contributed by atoms with Gasteiger partial charge in [0.05, 0.1) is 26.4 Å². The molecule has 15 heteroatoms. The van der Waals surface area contributed by atoms with E-state index in [1.807, 2.05) is 0 Å². The van der Waals surface area contributed by atoms with Crippen LogP contribution in [0.1, 0.15) is 17.5 Å². The van der Waals surface area contributed by atoms with Gasteiger partial charge in [-0.15, -0.1) is 21.5 Å². The largest absolute Gasteiger partial charge is 0.443 e. The van der Waals surface area contributed by atoms with Crippen LogP contribution in [0.4, 0.5) is 26.3 Å². The van der Waals surface area contributed by atoms with Crippen molar-refractivity contribution in [1.29, 1.82) is 0 Å². The van der Waals surface area contributed by atoms with Crippen molar-refractivity contribution in [3.05, 3.63) is 41.0 Å². The van der Waals surface area contributed by atoms with Crippen LogP contribution in [0.3, 0.4) is 0 Å². The Hall–Kier alpha value is -3.07. The van der Waals surface area contributed by atoms with Crippen molar-refractivity contribution >= 4 is 31.4 Å². The molecule has 0 aliphatic rings. The quantitative estimate of drug-likeness (QED) is 0.352. The van der Waals surface area contributed by atoms with Gasteiger partial charge in [0.2, 0.25) is 0 Å². The van der Waals surface area contributed by atoms with Crippen LogP contribution in [0.2, 0.25) is 0 Å². The molecule has 180 valence electrons. The summed E-state index contributed by atoms with van der Waals surface area (Å²) in [4.78, 5) is 7.15. The van der Waals surface area contributed by atoms with Gasteiger partial charge in [-0.1, -0.05) is 6.92 Å². The molecule has 4 aromatic rings. The molecule has 0 radical (unpaired) electrons. The van der Waals surface area contributed by atoms with Gasteiger partial charge in [0.1, 0.15) is 5.69 Å². The lowest BCUT2D eigenvalue weighted by Gasteiger charge is -2.11. The first-order valence-corrected chi connectivity index (χ1v) is 11.9. The zero-order valence-electron chi connectivity index (χ0n) is 17.2. The fourth-order valence-electron chi connectivity index (χ4n) is 3.18. The normalized spacial score (nSPS) is 13.1. The summed E-state index contributed by atoms with van der Waals surface area (Å²) in [5.74, 6) is -0.545. The van der Waals surface area contributed by atoms with Gasteiger partial charge in [-0.2, -0.15) is 26.3 Å². The number of hydrogen-bond donors (Lipinski definition) is 0. The maximum atomic E-state index is 13.1. The fraction of sp³-hybridized carbons (Fsp3) is 0.263. The lowest BCUT2D eigenvalue weighted by atomic mass is 10.2. The summed E-state index contributed by atoms with van der Waals surface area (Å²) in [5, 5.41) is 6.61. The number of alkyl halides is 6. The summed E-state index contributed by atoms with van der Waals surface area (Å²) in [5.41, 5.74) is -1.34. The minimum Gasteiger partial charge on any atom is -0.309 e. The molecule has 0 saturated carbocycles. The van der Waals surface area contributed by atoms with E-state index in [0.717, 1.165) is 30.5 Å². The Bertz CT molecular complexity index is 1510. The Morgan fingerprint density at radius 2 is 1.68 bits per heavy atom. The van der Waals surface area contributed by atoms with Crippen molar-refractivity contribution in [2.24, 2.45) is 7.05 Å². The summed E-state index contributed by atoms with van der Waals surface area (Å²) in [6.45, 7) is 1.37. The summed E-state index contributed by atoms with van der Waals surface area (Å²) < 4.78 is 105. The Morgan fingerprint density at radius 1 is 1.00 bits per heavy atom. The van der Waals surface area contributed by atoms with E-state index in [4.69, 9.17) is 0 Å². The highest BCUT2D eigenvalue weighted by molar-refractivity contribution is 7.91. The van der Waals surface area contributed by atoms with Gasteiger partial charge in [0.25, 0.3) is 0 Å². The molecule has 0 unspecified atom stereocenters. The first kappa shape index (κ1) is 24.1. The predicted molar refractivity (Wildman–Crippen MR) is 111 cm³/mol. The second-order valence-corrected chi connectivity index (χ2v) is 10.3. The van der Waals surface area contributed by atoms with E-state index in [0.29, 0.717) is 11.3 Å². The Kier molecular flexibility index (Phi) is 5.67. The molecule has 0 N–H and O–H groups in total. The fourth-order valence-corrected chi connectivity index (χ4v) is 5.20. The van der Waals surface area contributed by atoms with Crippen molar-refractivity contribution in [2.45, 2.75) is 24.2 Å². The van der Waals surface area contributed by atoms with Crippen LogP contribution in [-0.2, 0) is 29.2 Å². The number of nitrogens with zero attached hydrogens (tertiary/aromatic N) is 5. The molecule has 0 atom stereocenters. The molecular weight excluding hydrogens is 508 g/mol. The molecule has 0 aliphatic heterocycles. The third-order valence-electron chi connectivity index (χ3n) is 4.88. The maximum absolute atomic E-state index is 13.1. The van der Waals surface area contributed by atoms with Crippen LogP contribution in [0.25, 0.3) is 33.1 Å². The lowest BCUT2D eigenvalue weighted by molar-refractivity contribution is -0.138. The van der Waals surface area contributed by atoms with Crippen LogP contribution in [0, 0.1) is 0 Å². The number of halogens is 6. The van der Waals surface area contributed by atoms with E-state index in [9.17, 15) is 34.8 Å². The van der Waals surface area contributed by atoms with Gasteiger partial charge >= 0.3 is 12.4 Å². The zero-order valence-corrected chi connectivity index (χ0v) is 18.9. The van der Waals surface area contributed by atoms with E-state index >= 15 is 0 Å². The van der Waals surface area contributed by atoms with E-state index < -0.39 is 32.8 Å². The van der Waals surface area contributed by atoms with E-state index in [1.165, 1.54) is 18.5 Å². The number of thiazole rings is 1. The van der Waals surface area contributed by atoms with Crippen LogP contribution in [0.15, 0.2) is 35.4 Å². The average molecular weight is 521 g/mol. The maximum Gasteiger partial charge on any atom is 0.443 e. The van der Waals surface area contributed by atoms with Gasteiger partial charge < -0.3 is 4.57 Å². The number of rotatable bonds is 4.